The molecule has 2 atom stereocenters. The topological polar surface area (TPSA) is 37.8 Å². The molecule has 1 aromatic heterocycles. The van der Waals surface area contributed by atoms with Gasteiger partial charge in [0.25, 0.3) is 0 Å². The summed E-state index contributed by atoms with van der Waals surface area (Å²) in [6.07, 6.45) is 4.78. The van der Waals surface area contributed by atoms with Crippen LogP contribution in [-0.4, -0.2) is 17.0 Å². The fourth-order valence-electron chi connectivity index (χ4n) is 2.54. The lowest BCUT2D eigenvalue weighted by Gasteiger charge is -2.13. The number of anilines is 1. The fraction of sp³-hybridized carbons (Fsp3) is 0.692. The highest BCUT2D eigenvalue weighted by atomic mass is 127. The molecule has 0 saturated heterocycles. The fourth-order valence-corrected chi connectivity index (χ4v) is 3.43. The summed E-state index contributed by atoms with van der Waals surface area (Å²) in [6.45, 7) is 4.48. The van der Waals surface area contributed by atoms with E-state index in [2.05, 4.69) is 46.7 Å². The van der Waals surface area contributed by atoms with E-state index in [1.54, 1.807) is 0 Å². The number of nitrogens with one attached hydrogen (secondary N) is 1. The van der Waals surface area contributed by atoms with Crippen molar-refractivity contribution in [3.8, 4) is 0 Å². The highest BCUT2D eigenvalue weighted by Gasteiger charge is 2.26. The minimum absolute atomic E-state index is 0.569. The van der Waals surface area contributed by atoms with E-state index in [0.29, 0.717) is 5.92 Å². The first-order valence-electron chi connectivity index (χ1n) is 6.39. The summed E-state index contributed by atoms with van der Waals surface area (Å²) < 4.78 is 1.17. The average molecular weight is 345 g/mol. The van der Waals surface area contributed by atoms with Crippen LogP contribution in [0.15, 0.2) is 0 Å². The van der Waals surface area contributed by atoms with Crippen LogP contribution < -0.4 is 5.32 Å². The molecule has 0 amide bonds. The Hall–Kier alpha value is -0.390. The van der Waals surface area contributed by atoms with Crippen molar-refractivity contribution in [1.29, 1.82) is 0 Å². The Morgan fingerprint density at radius 3 is 2.65 bits per heavy atom. The standard InChI is InChI=1S/C13H20IN3/c1-4-10-11(14)13(15-3)17-12(16-10)9-6-5-8(2)7-9/h8-9H,4-7H2,1-3H3,(H,15,16,17). The molecule has 0 aliphatic heterocycles. The maximum absolute atomic E-state index is 4.76. The van der Waals surface area contributed by atoms with Gasteiger partial charge in [0.2, 0.25) is 0 Å². The lowest BCUT2D eigenvalue weighted by Crippen LogP contribution is -2.09. The summed E-state index contributed by atoms with van der Waals surface area (Å²) in [5.41, 5.74) is 1.18. The van der Waals surface area contributed by atoms with Gasteiger partial charge in [-0.2, -0.15) is 0 Å². The third kappa shape index (κ3) is 2.72. The van der Waals surface area contributed by atoms with E-state index in [4.69, 9.17) is 4.98 Å². The van der Waals surface area contributed by atoms with Crippen LogP contribution in [0.3, 0.4) is 0 Å². The zero-order valence-corrected chi connectivity index (χ0v) is 12.9. The van der Waals surface area contributed by atoms with Gasteiger partial charge in [0.1, 0.15) is 11.6 Å². The predicted octanol–water partition coefficient (Wildman–Crippen LogP) is 3.59. The average Bonchev–Trinajstić information content (AvgIpc) is 2.76. The van der Waals surface area contributed by atoms with Crippen molar-refractivity contribution in [2.45, 2.75) is 45.4 Å². The zero-order valence-electron chi connectivity index (χ0n) is 10.8. The third-order valence-electron chi connectivity index (χ3n) is 3.57. The molecular formula is C13H20IN3. The first-order valence-corrected chi connectivity index (χ1v) is 7.47. The molecule has 1 saturated carbocycles. The Bertz CT molecular complexity index is 381. The van der Waals surface area contributed by atoms with E-state index >= 15 is 0 Å². The van der Waals surface area contributed by atoms with E-state index in [1.165, 1.54) is 28.5 Å². The third-order valence-corrected chi connectivity index (χ3v) is 4.70. The van der Waals surface area contributed by atoms with Crippen LogP contribution in [0.2, 0.25) is 0 Å². The minimum Gasteiger partial charge on any atom is -0.372 e. The SMILES string of the molecule is CCc1nc(C2CCC(C)C2)nc(NC)c1I. The van der Waals surface area contributed by atoms with Crippen molar-refractivity contribution in [3.63, 3.8) is 0 Å². The van der Waals surface area contributed by atoms with Crippen molar-refractivity contribution in [1.82, 2.24) is 9.97 Å². The molecule has 1 aromatic rings. The quantitative estimate of drug-likeness (QED) is 0.851. The second-order valence-electron chi connectivity index (χ2n) is 4.91. The van der Waals surface area contributed by atoms with Gasteiger partial charge in [0, 0.05) is 13.0 Å². The highest BCUT2D eigenvalue weighted by molar-refractivity contribution is 14.1. The van der Waals surface area contributed by atoms with E-state index in [0.717, 1.165) is 24.0 Å². The maximum Gasteiger partial charge on any atom is 0.143 e. The molecule has 1 heterocycles. The van der Waals surface area contributed by atoms with Gasteiger partial charge in [-0.25, -0.2) is 9.97 Å². The normalized spacial score (nSPS) is 24.0. The van der Waals surface area contributed by atoms with Crippen LogP contribution in [-0.2, 0) is 6.42 Å². The lowest BCUT2D eigenvalue weighted by atomic mass is 10.1. The number of nitrogens with zero attached hydrogens (tertiary/aromatic N) is 2. The molecular weight excluding hydrogens is 325 g/mol. The summed E-state index contributed by atoms with van der Waals surface area (Å²) >= 11 is 2.34. The molecule has 94 valence electrons. The van der Waals surface area contributed by atoms with Crippen LogP contribution in [0.4, 0.5) is 5.82 Å². The van der Waals surface area contributed by atoms with Gasteiger partial charge in [-0.05, 0) is 54.2 Å². The Labute approximate surface area is 117 Å². The molecule has 0 spiro atoms. The van der Waals surface area contributed by atoms with Gasteiger partial charge in [-0.1, -0.05) is 13.8 Å². The number of aromatic nitrogens is 2. The van der Waals surface area contributed by atoms with Crippen LogP contribution >= 0.6 is 22.6 Å². The molecule has 1 aliphatic rings. The lowest BCUT2D eigenvalue weighted by molar-refractivity contribution is 0.584. The van der Waals surface area contributed by atoms with Crippen molar-refractivity contribution < 1.29 is 0 Å². The van der Waals surface area contributed by atoms with Gasteiger partial charge >= 0.3 is 0 Å². The Morgan fingerprint density at radius 2 is 2.12 bits per heavy atom. The summed E-state index contributed by atoms with van der Waals surface area (Å²) in [6, 6.07) is 0. The second kappa shape index (κ2) is 5.50. The van der Waals surface area contributed by atoms with Gasteiger partial charge in [0.05, 0.1) is 9.26 Å². The van der Waals surface area contributed by atoms with Crippen molar-refractivity contribution in [2.24, 2.45) is 5.92 Å². The largest absolute Gasteiger partial charge is 0.372 e. The monoisotopic (exact) mass is 345 g/mol. The molecule has 0 aromatic carbocycles. The Kier molecular flexibility index (Phi) is 4.22. The molecule has 1 aliphatic carbocycles. The number of aryl methyl sites for hydroxylation is 1. The molecule has 1 N–H and O–H groups in total. The maximum atomic E-state index is 4.76. The number of rotatable bonds is 3. The van der Waals surface area contributed by atoms with Crippen molar-refractivity contribution in [2.75, 3.05) is 12.4 Å². The van der Waals surface area contributed by atoms with E-state index in [-0.39, 0.29) is 0 Å². The van der Waals surface area contributed by atoms with Crippen molar-refractivity contribution >= 4 is 28.4 Å². The van der Waals surface area contributed by atoms with Gasteiger partial charge in [-0.15, -0.1) is 0 Å². The molecule has 2 rings (SSSR count). The molecule has 0 bridgehead atoms. The Morgan fingerprint density at radius 1 is 1.35 bits per heavy atom. The van der Waals surface area contributed by atoms with Crippen LogP contribution in [0, 0.1) is 9.49 Å². The smallest absolute Gasteiger partial charge is 0.143 e. The minimum atomic E-state index is 0.569. The highest BCUT2D eigenvalue weighted by Crippen LogP contribution is 2.37. The molecule has 1 fully saturated rings. The second-order valence-corrected chi connectivity index (χ2v) is 5.99. The number of hydrogen-bond acceptors (Lipinski definition) is 3. The van der Waals surface area contributed by atoms with Gasteiger partial charge in [0.15, 0.2) is 0 Å². The first-order chi connectivity index (χ1) is 8.15. The first kappa shape index (κ1) is 13.1. The molecule has 4 heteroatoms. The molecule has 2 unspecified atom stereocenters. The van der Waals surface area contributed by atoms with Gasteiger partial charge in [-0.3, -0.25) is 0 Å². The van der Waals surface area contributed by atoms with Gasteiger partial charge < -0.3 is 5.32 Å². The van der Waals surface area contributed by atoms with E-state index < -0.39 is 0 Å². The van der Waals surface area contributed by atoms with Crippen LogP contribution in [0.5, 0.6) is 0 Å². The molecule has 0 radical (unpaired) electrons. The predicted molar refractivity (Wildman–Crippen MR) is 79.4 cm³/mol. The molecule has 17 heavy (non-hydrogen) atoms. The molecule has 3 nitrogen and oxygen atoms in total. The summed E-state index contributed by atoms with van der Waals surface area (Å²) in [7, 11) is 1.94. The summed E-state index contributed by atoms with van der Waals surface area (Å²) in [5.74, 6) is 3.44. The van der Waals surface area contributed by atoms with Crippen LogP contribution in [0.1, 0.15) is 50.5 Å². The number of halogens is 1. The zero-order chi connectivity index (χ0) is 12.4. The Balaban J connectivity index is 2.34. The van der Waals surface area contributed by atoms with Crippen molar-refractivity contribution in [3.05, 3.63) is 15.1 Å². The van der Waals surface area contributed by atoms with E-state index in [1.807, 2.05) is 7.05 Å². The number of hydrogen-bond donors (Lipinski definition) is 1. The summed E-state index contributed by atoms with van der Waals surface area (Å²) in [4.78, 5) is 9.44. The summed E-state index contributed by atoms with van der Waals surface area (Å²) in [5, 5.41) is 3.19. The van der Waals surface area contributed by atoms with Crippen LogP contribution in [0.25, 0.3) is 0 Å². The van der Waals surface area contributed by atoms with E-state index in [9.17, 15) is 0 Å².